The highest BCUT2D eigenvalue weighted by Crippen LogP contribution is 2.22. The molecule has 2 aromatic rings. The second kappa shape index (κ2) is 5.78. The van der Waals surface area contributed by atoms with Gasteiger partial charge < -0.3 is 11.1 Å². The van der Waals surface area contributed by atoms with Gasteiger partial charge in [0.2, 0.25) is 0 Å². The molecule has 0 aliphatic heterocycles. The molecule has 0 radical (unpaired) electrons. The Balaban J connectivity index is 1.80. The van der Waals surface area contributed by atoms with Crippen LogP contribution in [0.1, 0.15) is 17.7 Å². The normalized spacial score (nSPS) is 10.6. The number of hydrogen-bond acceptors (Lipinski definition) is 3. The molecule has 2 rings (SSSR count). The minimum Gasteiger partial charge on any atom is -0.397 e. The van der Waals surface area contributed by atoms with Crippen molar-refractivity contribution >= 4 is 23.0 Å². The van der Waals surface area contributed by atoms with E-state index in [4.69, 9.17) is 17.3 Å². The molecule has 4 N–H and O–H groups in total. The highest BCUT2D eigenvalue weighted by Gasteiger charge is 2.01. The standard InChI is InChI=1S/C13H17ClN4/c1-9-10(8-17-18-9)3-2-6-16-13-5-4-11(14)7-12(13)15/h4-5,7-8,16H,2-3,6,15H2,1H3,(H,17,18). The fraction of sp³-hybridized carbons (Fsp3) is 0.308. The van der Waals surface area contributed by atoms with Crippen LogP contribution in [0, 0.1) is 6.92 Å². The highest BCUT2D eigenvalue weighted by molar-refractivity contribution is 6.31. The number of aromatic amines is 1. The SMILES string of the molecule is Cc1[nH]ncc1CCCNc1ccc(Cl)cc1N. The molecule has 0 amide bonds. The predicted octanol–water partition coefficient (Wildman–Crippen LogP) is 3.00. The van der Waals surface area contributed by atoms with Gasteiger partial charge in [-0.25, -0.2) is 0 Å². The summed E-state index contributed by atoms with van der Waals surface area (Å²) in [5.41, 5.74) is 9.88. The van der Waals surface area contributed by atoms with E-state index in [1.807, 2.05) is 25.3 Å². The van der Waals surface area contributed by atoms with Gasteiger partial charge in [0.25, 0.3) is 0 Å². The Labute approximate surface area is 112 Å². The number of benzene rings is 1. The molecule has 0 aliphatic carbocycles. The average molecular weight is 265 g/mol. The van der Waals surface area contributed by atoms with Gasteiger partial charge in [-0.3, -0.25) is 5.10 Å². The Hall–Kier alpha value is -1.68. The van der Waals surface area contributed by atoms with E-state index >= 15 is 0 Å². The zero-order chi connectivity index (χ0) is 13.0. The lowest BCUT2D eigenvalue weighted by Gasteiger charge is -2.09. The second-order valence-electron chi connectivity index (χ2n) is 4.28. The molecular formula is C13H17ClN4. The van der Waals surface area contributed by atoms with Crippen molar-refractivity contribution < 1.29 is 0 Å². The number of aryl methyl sites for hydroxylation is 2. The maximum Gasteiger partial charge on any atom is 0.0574 e. The molecule has 0 aliphatic rings. The van der Waals surface area contributed by atoms with Crippen LogP contribution in [0.15, 0.2) is 24.4 Å². The van der Waals surface area contributed by atoms with Gasteiger partial charge in [0.15, 0.2) is 0 Å². The third kappa shape index (κ3) is 3.17. The maximum absolute atomic E-state index is 5.86. The van der Waals surface area contributed by atoms with E-state index in [1.165, 1.54) is 5.56 Å². The number of anilines is 2. The molecule has 18 heavy (non-hydrogen) atoms. The second-order valence-corrected chi connectivity index (χ2v) is 4.72. The molecular weight excluding hydrogens is 248 g/mol. The van der Waals surface area contributed by atoms with Crippen LogP contribution in [0.5, 0.6) is 0 Å². The number of halogens is 1. The largest absolute Gasteiger partial charge is 0.397 e. The minimum absolute atomic E-state index is 0.659. The van der Waals surface area contributed by atoms with Crippen molar-refractivity contribution in [1.29, 1.82) is 0 Å². The molecule has 96 valence electrons. The van der Waals surface area contributed by atoms with Crippen LogP contribution in [0.4, 0.5) is 11.4 Å². The Bertz CT molecular complexity index is 521. The van der Waals surface area contributed by atoms with Crippen LogP contribution in [-0.2, 0) is 6.42 Å². The van der Waals surface area contributed by atoms with Crippen LogP contribution in [-0.4, -0.2) is 16.7 Å². The van der Waals surface area contributed by atoms with Crippen molar-refractivity contribution in [3.05, 3.63) is 40.7 Å². The van der Waals surface area contributed by atoms with Crippen molar-refractivity contribution in [2.75, 3.05) is 17.6 Å². The predicted molar refractivity (Wildman–Crippen MR) is 76.0 cm³/mol. The zero-order valence-corrected chi connectivity index (χ0v) is 11.1. The lowest BCUT2D eigenvalue weighted by Crippen LogP contribution is -2.05. The fourth-order valence-corrected chi connectivity index (χ4v) is 2.00. The number of nitrogens with two attached hydrogens (primary N) is 1. The summed E-state index contributed by atoms with van der Waals surface area (Å²) in [5.74, 6) is 0. The van der Waals surface area contributed by atoms with E-state index < -0.39 is 0 Å². The lowest BCUT2D eigenvalue weighted by molar-refractivity contribution is 0.857. The third-order valence-electron chi connectivity index (χ3n) is 2.89. The third-order valence-corrected chi connectivity index (χ3v) is 3.12. The van der Waals surface area contributed by atoms with Gasteiger partial charge >= 0.3 is 0 Å². The average Bonchev–Trinajstić information content (AvgIpc) is 2.73. The first-order chi connectivity index (χ1) is 8.66. The molecule has 0 fully saturated rings. The molecule has 1 heterocycles. The summed E-state index contributed by atoms with van der Waals surface area (Å²) in [6, 6.07) is 5.49. The molecule has 0 unspecified atom stereocenters. The molecule has 1 aromatic carbocycles. The molecule has 0 atom stereocenters. The topological polar surface area (TPSA) is 66.7 Å². The van der Waals surface area contributed by atoms with E-state index in [9.17, 15) is 0 Å². The number of nitrogen functional groups attached to an aromatic ring is 1. The summed E-state index contributed by atoms with van der Waals surface area (Å²) in [4.78, 5) is 0. The molecule has 0 saturated heterocycles. The number of nitrogens with zero attached hydrogens (tertiary/aromatic N) is 1. The van der Waals surface area contributed by atoms with Crippen molar-refractivity contribution in [3.8, 4) is 0 Å². The molecule has 0 spiro atoms. The Kier molecular flexibility index (Phi) is 4.10. The summed E-state index contributed by atoms with van der Waals surface area (Å²) >= 11 is 5.85. The first kappa shape index (κ1) is 12.8. The molecule has 4 nitrogen and oxygen atoms in total. The Morgan fingerprint density at radius 3 is 2.94 bits per heavy atom. The maximum atomic E-state index is 5.86. The van der Waals surface area contributed by atoms with Crippen molar-refractivity contribution in [1.82, 2.24) is 10.2 Å². The Morgan fingerprint density at radius 2 is 2.28 bits per heavy atom. The monoisotopic (exact) mass is 264 g/mol. The lowest BCUT2D eigenvalue weighted by atomic mass is 10.1. The van der Waals surface area contributed by atoms with Crippen molar-refractivity contribution in [2.45, 2.75) is 19.8 Å². The number of rotatable bonds is 5. The van der Waals surface area contributed by atoms with Gasteiger partial charge in [-0.2, -0.15) is 5.10 Å². The van der Waals surface area contributed by atoms with Crippen LogP contribution in [0.2, 0.25) is 5.02 Å². The van der Waals surface area contributed by atoms with Crippen LogP contribution < -0.4 is 11.1 Å². The van der Waals surface area contributed by atoms with E-state index in [1.54, 1.807) is 6.07 Å². The number of nitrogens with one attached hydrogen (secondary N) is 2. The molecule has 1 aromatic heterocycles. The van der Waals surface area contributed by atoms with Gasteiger partial charge in [-0.15, -0.1) is 0 Å². The summed E-state index contributed by atoms with van der Waals surface area (Å²) in [7, 11) is 0. The summed E-state index contributed by atoms with van der Waals surface area (Å²) in [5, 5.41) is 10.9. The number of H-pyrrole nitrogens is 1. The summed E-state index contributed by atoms with van der Waals surface area (Å²) in [6.45, 7) is 2.91. The number of hydrogen-bond donors (Lipinski definition) is 3. The van der Waals surface area contributed by atoms with E-state index in [2.05, 4.69) is 15.5 Å². The van der Waals surface area contributed by atoms with E-state index in [-0.39, 0.29) is 0 Å². The van der Waals surface area contributed by atoms with Crippen molar-refractivity contribution in [2.24, 2.45) is 0 Å². The van der Waals surface area contributed by atoms with Gasteiger partial charge in [0, 0.05) is 17.3 Å². The van der Waals surface area contributed by atoms with Crippen LogP contribution in [0.3, 0.4) is 0 Å². The van der Waals surface area contributed by atoms with Gasteiger partial charge in [-0.05, 0) is 43.5 Å². The zero-order valence-electron chi connectivity index (χ0n) is 10.3. The van der Waals surface area contributed by atoms with Gasteiger partial charge in [0.1, 0.15) is 0 Å². The fourth-order valence-electron chi connectivity index (χ4n) is 1.82. The first-order valence-electron chi connectivity index (χ1n) is 5.94. The van der Waals surface area contributed by atoms with Gasteiger partial charge in [-0.1, -0.05) is 11.6 Å². The highest BCUT2D eigenvalue weighted by atomic mass is 35.5. The molecule has 5 heteroatoms. The smallest absolute Gasteiger partial charge is 0.0574 e. The van der Waals surface area contributed by atoms with Crippen molar-refractivity contribution in [3.63, 3.8) is 0 Å². The first-order valence-corrected chi connectivity index (χ1v) is 6.32. The molecule has 0 saturated carbocycles. The van der Waals surface area contributed by atoms with Gasteiger partial charge in [0.05, 0.1) is 17.6 Å². The quantitative estimate of drug-likeness (QED) is 0.574. The van der Waals surface area contributed by atoms with Crippen LogP contribution in [0.25, 0.3) is 0 Å². The summed E-state index contributed by atoms with van der Waals surface area (Å²) in [6.07, 6.45) is 3.91. The number of aromatic nitrogens is 2. The molecule has 0 bridgehead atoms. The van der Waals surface area contributed by atoms with E-state index in [0.717, 1.165) is 30.8 Å². The minimum atomic E-state index is 0.659. The van der Waals surface area contributed by atoms with E-state index in [0.29, 0.717) is 10.7 Å². The summed E-state index contributed by atoms with van der Waals surface area (Å²) < 4.78 is 0. The Morgan fingerprint density at radius 1 is 1.44 bits per heavy atom. The van der Waals surface area contributed by atoms with Crippen LogP contribution >= 0.6 is 11.6 Å².